The number of nitro groups is 1. The standard InChI is InChI=1S/C18H22N2O2S/c1-14-6-9-17(10-7-14)23-18-11-8-16(20(21)22)13-15(18)5-4-12-19(2)3/h6-11,13H,4-5,12H2,1-3H3. The Labute approximate surface area is 141 Å². The third-order valence-electron chi connectivity index (χ3n) is 3.56. The third kappa shape index (κ3) is 5.37. The number of non-ortho nitro benzene ring substituents is 1. The molecule has 2 aromatic carbocycles. The maximum atomic E-state index is 11.0. The van der Waals surface area contributed by atoms with Gasteiger partial charge in [0.25, 0.3) is 5.69 Å². The van der Waals surface area contributed by atoms with E-state index in [0.29, 0.717) is 0 Å². The second-order valence-corrected chi connectivity index (χ2v) is 6.99. The van der Waals surface area contributed by atoms with Crippen molar-refractivity contribution in [3.8, 4) is 0 Å². The molecule has 0 unspecified atom stereocenters. The lowest BCUT2D eigenvalue weighted by Crippen LogP contribution is -2.13. The highest BCUT2D eigenvalue weighted by Gasteiger charge is 2.12. The highest BCUT2D eigenvalue weighted by molar-refractivity contribution is 7.99. The number of aryl methyl sites for hydroxylation is 2. The lowest BCUT2D eigenvalue weighted by Gasteiger charge is -2.12. The summed E-state index contributed by atoms with van der Waals surface area (Å²) in [5.41, 5.74) is 2.44. The van der Waals surface area contributed by atoms with E-state index in [2.05, 4.69) is 36.1 Å². The summed E-state index contributed by atoms with van der Waals surface area (Å²) in [4.78, 5) is 15.1. The van der Waals surface area contributed by atoms with E-state index in [1.54, 1.807) is 23.9 Å². The Morgan fingerprint density at radius 2 is 1.83 bits per heavy atom. The summed E-state index contributed by atoms with van der Waals surface area (Å²) in [6.45, 7) is 3.03. The van der Waals surface area contributed by atoms with Gasteiger partial charge in [0.2, 0.25) is 0 Å². The van der Waals surface area contributed by atoms with Gasteiger partial charge in [-0.15, -0.1) is 0 Å². The SMILES string of the molecule is Cc1ccc(Sc2ccc([N+](=O)[O-])cc2CCCN(C)C)cc1. The van der Waals surface area contributed by atoms with Crippen molar-refractivity contribution in [1.29, 1.82) is 0 Å². The van der Waals surface area contributed by atoms with E-state index in [4.69, 9.17) is 0 Å². The lowest BCUT2D eigenvalue weighted by atomic mass is 10.1. The van der Waals surface area contributed by atoms with Crippen LogP contribution in [0, 0.1) is 17.0 Å². The first-order valence-corrected chi connectivity index (χ1v) is 8.44. The average molecular weight is 330 g/mol. The molecular weight excluding hydrogens is 308 g/mol. The van der Waals surface area contributed by atoms with Gasteiger partial charge in [-0.2, -0.15) is 0 Å². The summed E-state index contributed by atoms with van der Waals surface area (Å²) in [6.07, 6.45) is 1.82. The van der Waals surface area contributed by atoms with Crippen LogP contribution in [0.2, 0.25) is 0 Å². The molecule has 122 valence electrons. The molecular formula is C18H22N2O2S. The summed E-state index contributed by atoms with van der Waals surface area (Å²) >= 11 is 1.67. The van der Waals surface area contributed by atoms with E-state index in [1.165, 1.54) is 5.56 Å². The highest BCUT2D eigenvalue weighted by Crippen LogP contribution is 2.33. The molecule has 0 fully saturated rings. The normalized spacial score (nSPS) is 11.0. The van der Waals surface area contributed by atoms with Crippen molar-refractivity contribution >= 4 is 17.4 Å². The van der Waals surface area contributed by atoms with Crippen LogP contribution in [0.25, 0.3) is 0 Å². The molecule has 0 amide bonds. The Bertz CT molecular complexity index is 669. The molecule has 2 rings (SSSR count). The highest BCUT2D eigenvalue weighted by atomic mass is 32.2. The van der Waals surface area contributed by atoms with Gasteiger partial charge in [0.15, 0.2) is 0 Å². The zero-order chi connectivity index (χ0) is 16.8. The summed E-state index contributed by atoms with van der Waals surface area (Å²) in [7, 11) is 4.07. The van der Waals surface area contributed by atoms with Gasteiger partial charge < -0.3 is 4.90 Å². The zero-order valence-corrected chi connectivity index (χ0v) is 14.6. The summed E-state index contributed by atoms with van der Waals surface area (Å²) in [5, 5.41) is 11.0. The van der Waals surface area contributed by atoms with Crippen molar-refractivity contribution in [3.05, 3.63) is 63.7 Å². The van der Waals surface area contributed by atoms with Crippen LogP contribution < -0.4 is 0 Å². The summed E-state index contributed by atoms with van der Waals surface area (Å²) in [5.74, 6) is 0. The van der Waals surface area contributed by atoms with E-state index in [-0.39, 0.29) is 10.6 Å². The van der Waals surface area contributed by atoms with Crippen LogP contribution in [-0.2, 0) is 6.42 Å². The maximum Gasteiger partial charge on any atom is 0.269 e. The van der Waals surface area contributed by atoms with Crippen molar-refractivity contribution in [3.63, 3.8) is 0 Å². The number of benzene rings is 2. The van der Waals surface area contributed by atoms with Gasteiger partial charge in [0.1, 0.15) is 0 Å². The molecule has 0 radical (unpaired) electrons. The van der Waals surface area contributed by atoms with E-state index < -0.39 is 0 Å². The third-order valence-corrected chi connectivity index (χ3v) is 4.68. The van der Waals surface area contributed by atoms with E-state index >= 15 is 0 Å². The van der Waals surface area contributed by atoms with Crippen molar-refractivity contribution in [1.82, 2.24) is 4.90 Å². The van der Waals surface area contributed by atoms with Crippen molar-refractivity contribution in [2.75, 3.05) is 20.6 Å². The molecule has 0 saturated heterocycles. The Morgan fingerprint density at radius 3 is 2.43 bits per heavy atom. The Hall–Kier alpha value is -1.85. The fourth-order valence-electron chi connectivity index (χ4n) is 2.29. The van der Waals surface area contributed by atoms with Crippen molar-refractivity contribution in [2.24, 2.45) is 0 Å². The molecule has 0 aliphatic heterocycles. The zero-order valence-electron chi connectivity index (χ0n) is 13.8. The molecule has 0 spiro atoms. The number of rotatable bonds is 7. The minimum absolute atomic E-state index is 0.165. The fraction of sp³-hybridized carbons (Fsp3) is 0.333. The van der Waals surface area contributed by atoms with Gasteiger partial charge in [-0.05, 0) is 64.2 Å². The predicted octanol–water partition coefficient (Wildman–Crippen LogP) is 4.55. The van der Waals surface area contributed by atoms with Gasteiger partial charge >= 0.3 is 0 Å². The van der Waals surface area contributed by atoms with Crippen LogP contribution in [0.4, 0.5) is 5.69 Å². The monoisotopic (exact) mass is 330 g/mol. The molecule has 0 saturated carbocycles. The number of hydrogen-bond acceptors (Lipinski definition) is 4. The van der Waals surface area contributed by atoms with Crippen LogP contribution in [0.5, 0.6) is 0 Å². The molecule has 0 heterocycles. The fourth-order valence-corrected chi connectivity index (χ4v) is 3.25. The smallest absolute Gasteiger partial charge is 0.269 e. The first-order chi connectivity index (χ1) is 11.0. The average Bonchev–Trinajstić information content (AvgIpc) is 2.50. The molecule has 23 heavy (non-hydrogen) atoms. The van der Waals surface area contributed by atoms with Gasteiger partial charge in [0.05, 0.1) is 4.92 Å². The predicted molar refractivity (Wildman–Crippen MR) is 95.3 cm³/mol. The second kappa shape index (κ2) is 8.13. The van der Waals surface area contributed by atoms with Crippen molar-refractivity contribution < 1.29 is 4.92 Å². The Balaban J connectivity index is 2.21. The molecule has 5 heteroatoms. The number of hydrogen-bond donors (Lipinski definition) is 0. The topological polar surface area (TPSA) is 46.4 Å². The quantitative estimate of drug-likeness (QED) is 0.552. The maximum absolute atomic E-state index is 11.0. The van der Waals surface area contributed by atoms with Crippen LogP contribution in [-0.4, -0.2) is 30.5 Å². The van der Waals surface area contributed by atoms with Gasteiger partial charge in [-0.25, -0.2) is 0 Å². The Morgan fingerprint density at radius 1 is 1.13 bits per heavy atom. The molecule has 0 aromatic heterocycles. The minimum atomic E-state index is -0.324. The lowest BCUT2D eigenvalue weighted by molar-refractivity contribution is -0.385. The minimum Gasteiger partial charge on any atom is -0.309 e. The van der Waals surface area contributed by atoms with E-state index in [1.807, 2.05) is 20.2 Å². The summed E-state index contributed by atoms with van der Waals surface area (Å²) in [6, 6.07) is 13.5. The van der Waals surface area contributed by atoms with Gasteiger partial charge in [-0.3, -0.25) is 10.1 Å². The molecule has 0 aliphatic carbocycles. The van der Waals surface area contributed by atoms with Crippen LogP contribution in [0.15, 0.2) is 52.3 Å². The molecule has 2 aromatic rings. The molecule has 0 N–H and O–H groups in total. The summed E-state index contributed by atoms with van der Waals surface area (Å²) < 4.78 is 0. The largest absolute Gasteiger partial charge is 0.309 e. The first-order valence-electron chi connectivity index (χ1n) is 7.62. The van der Waals surface area contributed by atoms with Crippen LogP contribution >= 0.6 is 11.8 Å². The second-order valence-electron chi connectivity index (χ2n) is 5.87. The van der Waals surface area contributed by atoms with E-state index in [9.17, 15) is 10.1 Å². The number of nitro benzene ring substituents is 1. The van der Waals surface area contributed by atoms with Crippen molar-refractivity contribution in [2.45, 2.75) is 29.6 Å². The van der Waals surface area contributed by atoms with E-state index in [0.717, 1.165) is 34.7 Å². The van der Waals surface area contributed by atoms with Gasteiger partial charge in [-0.1, -0.05) is 29.5 Å². The molecule has 4 nitrogen and oxygen atoms in total. The Kier molecular flexibility index (Phi) is 6.19. The van der Waals surface area contributed by atoms with Gasteiger partial charge in [0, 0.05) is 21.9 Å². The first kappa shape index (κ1) is 17.5. The van der Waals surface area contributed by atoms with Crippen LogP contribution in [0.3, 0.4) is 0 Å². The molecule has 0 aliphatic rings. The molecule has 0 atom stereocenters. The van der Waals surface area contributed by atoms with Crippen LogP contribution in [0.1, 0.15) is 17.5 Å². The number of nitrogens with zero attached hydrogens (tertiary/aromatic N) is 2. The molecule has 0 bridgehead atoms.